The quantitative estimate of drug-likeness (QED) is 0.508. The lowest BCUT2D eigenvalue weighted by Gasteiger charge is -2.25. The SMILES string of the molecule is C/C=C\CCN(O)C(C)C(C)C. The second-order valence-electron chi connectivity index (χ2n) is 3.51. The molecule has 1 unspecified atom stereocenters. The number of hydrogen-bond acceptors (Lipinski definition) is 2. The van der Waals surface area contributed by atoms with E-state index in [1.807, 2.05) is 19.9 Å². The summed E-state index contributed by atoms with van der Waals surface area (Å²) in [5.74, 6) is 0.501. The Balaban J connectivity index is 3.63. The van der Waals surface area contributed by atoms with Crippen molar-refractivity contribution >= 4 is 0 Å². The summed E-state index contributed by atoms with van der Waals surface area (Å²) in [4.78, 5) is 0. The Hall–Kier alpha value is -0.340. The topological polar surface area (TPSA) is 23.5 Å². The predicted molar refractivity (Wildman–Crippen MR) is 52.2 cm³/mol. The number of nitrogens with zero attached hydrogens (tertiary/aromatic N) is 1. The van der Waals surface area contributed by atoms with Crippen LogP contribution < -0.4 is 0 Å². The molecule has 0 rings (SSSR count). The molecule has 0 aliphatic heterocycles. The maximum Gasteiger partial charge on any atom is 0.0345 e. The molecule has 0 saturated heterocycles. The molecule has 2 heteroatoms. The van der Waals surface area contributed by atoms with Crippen LogP contribution in [-0.2, 0) is 0 Å². The maximum atomic E-state index is 9.51. The third kappa shape index (κ3) is 4.52. The van der Waals surface area contributed by atoms with E-state index in [2.05, 4.69) is 19.9 Å². The minimum atomic E-state index is 0.246. The fraction of sp³-hybridized carbons (Fsp3) is 0.800. The molecule has 0 spiro atoms. The van der Waals surface area contributed by atoms with Gasteiger partial charge in [-0.05, 0) is 26.2 Å². The van der Waals surface area contributed by atoms with Crippen LogP contribution in [0.5, 0.6) is 0 Å². The molecular formula is C10H21NO. The second-order valence-corrected chi connectivity index (χ2v) is 3.51. The zero-order chi connectivity index (χ0) is 9.56. The van der Waals surface area contributed by atoms with Gasteiger partial charge in [0.05, 0.1) is 0 Å². The van der Waals surface area contributed by atoms with Gasteiger partial charge < -0.3 is 5.21 Å². The van der Waals surface area contributed by atoms with Crippen molar-refractivity contribution in [2.45, 2.75) is 40.2 Å². The van der Waals surface area contributed by atoms with Gasteiger partial charge in [0.2, 0.25) is 0 Å². The fourth-order valence-corrected chi connectivity index (χ4v) is 0.921. The van der Waals surface area contributed by atoms with E-state index in [9.17, 15) is 5.21 Å². The highest BCUT2D eigenvalue weighted by Crippen LogP contribution is 2.07. The van der Waals surface area contributed by atoms with Crippen molar-refractivity contribution in [1.29, 1.82) is 0 Å². The van der Waals surface area contributed by atoms with Crippen LogP contribution in [0.3, 0.4) is 0 Å². The lowest BCUT2D eigenvalue weighted by atomic mass is 10.1. The Labute approximate surface area is 75.8 Å². The van der Waals surface area contributed by atoms with Crippen molar-refractivity contribution < 1.29 is 5.21 Å². The van der Waals surface area contributed by atoms with Crippen LogP contribution in [0.1, 0.15) is 34.1 Å². The van der Waals surface area contributed by atoms with Crippen molar-refractivity contribution in [3.63, 3.8) is 0 Å². The van der Waals surface area contributed by atoms with E-state index in [4.69, 9.17) is 0 Å². The predicted octanol–water partition coefficient (Wildman–Crippen LogP) is 2.69. The average molecular weight is 171 g/mol. The zero-order valence-corrected chi connectivity index (χ0v) is 8.62. The Morgan fingerprint density at radius 3 is 2.33 bits per heavy atom. The summed E-state index contributed by atoms with van der Waals surface area (Å²) in [7, 11) is 0. The molecular weight excluding hydrogens is 150 g/mol. The molecule has 0 saturated carbocycles. The minimum absolute atomic E-state index is 0.246. The smallest absolute Gasteiger partial charge is 0.0345 e. The summed E-state index contributed by atoms with van der Waals surface area (Å²) in [5.41, 5.74) is 0. The van der Waals surface area contributed by atoms with Gasteiger partial charge >= 0.3 is 0 Å². The molecule has 0 fully saturated rings. The minimum Gasteiger partial charge on any atom is -0.314 e. The summed E-state index contributed by atoms with van der Waals surface area (Å²) in [6.45, 7) is 8.99. The molecule has 1 N–H and O–H groups in total. The molecule has 1 atom stereocenters. The molecule has 2 nitrogen and oxygen atoms in total. The molecule has 0 bridgehead atoms. The van der Waals surface area contributed by atoms with Crippen molar-refractivity contribution in [1.82, 2.24) is 5.06 Å². The van der Waals surface area contributed by atoms with E-state index in [0.29, 0.717) is 5.92 Å². The van der Waals surface area contributed by atoms with Gasteiger partial charge in [0.1, 0.15) is 0 Å². The Morgan fingerprint density at radius 2 is 1.92 bits per heavy atom. The van der Waals surface area contributed by atoms with Crippen LogP contribution in [-0.4, -0.2) is 22.9 Å². The Bertz CT molecular complexity index is 132. The Kier molecular flexibility index (Phi) is 6.03. The molecule has 0 aliphatic carbocycles. The molecule has 0 aromatic heterocycles. The first-order chi connectivity index (χ1) is 5.59. The summed E-state index contributed by atoms with van der Waals surface area (Å²) < 4.78 is 0. The van der Waals surface area contributed by atoms with E-state index in [0.717, 1.165) is 13.0 Å². The number of allylic oxidation sites excluding steroid dienone is 1. The molecule has 0 aliphatic rings. The summed E-state index contributed by atoms with van der Waals surface area (Å²) in [5, 5.41) is 10.9. The van der Waals surface area contributed by atoms with E-state index >= 15 is 0 Å². The monoisotopic (exact) mass is 171 g/mol. The molecule has 0 aromatic rings. The fourth-order valence-electron chi connectivity index (χ4n) is 0.921. The molecule has 12 heavy (non-hydrogen) atoms. The Morgan fingerprint density at radius 1 is 1.33 bits per heavy atom. The van der Waals surface area contributed by atoms with Gasteiger partial charge in [0.15, 0.2) is 0 Å². The first kappa shape index (κ1) is 11.7. The van der Waals surface area contributed by atoms with Gasteiger partial charge in [0.25, 0.3) is 0 Å². The van der Waals surface area contributed by atoms with Crippen LogP contribution in [0.25, 0.3) is 0 Å². The summed E-state index contributed by atoms with van der Waals surface area (Å²) in [6.07, 6.45) is 4.99. The van der Waals surface area contributed by atoms with E-state index in [-0.39, 0.29) is 6.04 Å². The van der Waals surface area contributed by atoms with Crippen LogP contribution >= 0.6 is 0 Å². The summed E-state index contributed by atoms with van der Waals surface area (Å²) in [6, 6.07) is 0.246. The van der Waals surface area contributed by atoms with Gasteiger partial charge in [0, 0.05) is 12.6 Å². The van der Waals surface area contributed by atoms with Crippen molar-refractivity contribution in [3.8, 4) is 0 Å². The standard InChI is InChI=1S/C10H21NO/c1-5-6-7-8-11(12)10(4)9(2)3/h5-6,9-10,12H,7-8H2,1-4H3/b6-5-. The first-order valence-corrected chi connectivity index (χ1v) is 4.66. The van der Waals surface area contributed by atoms with E-state index in [1.54, 1.807) is 0 Å². The third-order valence-corrected chi connectivity index (χ3v) is 2.20. The second kappa shape index (κ2) is 6.21. The van der Waals surface area contributed by atoms with Crippen molar-refractivity contribution in [3.05, 3.63) is 12.2 Å². The highest BCUT2D eigenvalue weighted by molar-refractivity contribution is 4.78. The maximum absolute atomic E-state index is 9.51. The zero-order valence-electron chi connectivity index (χ0n) is 8.62. The normalized spacial score (nSPS) is 14.9. The van der Waals surface area contributed by atoms with Gasteiger partial charge in [-0.25, -0.2) is 0 Å². The average Bonchev–Trinajstić information content (AvgIpc) is 2.03. The van der Waals surface area contributed by atoms with E-state index in [1.165, 1.54) is 5.06 Å². The van der Waals surface area contributed by atoms with Crippen molar-refractivity contribution in [2.75, 3.05) is 6.54 Å². The number of rotatable bonds is 5. The van der Waals surface area contributed by atoms with Crippen LogP contribution in [0.2, 0.25) is 0 Å². The van der Waals surface area contributed by atoms with Crippen LogP contribution in [0, 0.1) is 5.92 Å². The molecule has 0 aromatic carbocycles. The van der Waals surface area contributed by atoms with Gasteiger partial charge in [-0.15, -0.1) is 0 Å². The molecule has 72 valence electrons. The first-order valence-electron chi connectivity index (χ1n) is 4.66. The van der Waals surface area contributed by atoms with Crippen LogP contribution in [0.4, 0.5) is 0 Å². The highest BCUT2D eigenvalue weighted by Gasteiger charge is 2.13. The molecule has 0 amide bonds. The van der Waals surface area contributed by atoms with Crippen LogP contribution in [0.15, 0.2) is 12.2 Å². The van der Waals surface area contributed by atoms with Crippen molar-refractivity contribution in [2.24, 2.45) is 5.92 Å². The highest BCUT2D eigenvalue weighted by atomic mass is 16.5. The number of hydroxylamine groups is 2. The van der Waals surface area contributed by atoms with Gasteiger partial charge in [-0.3, -0.25) is 0 Å². The van der Waals surface area contributed by atoms with Gasteiger partial charge in [-0.2, -0.15) is 5.06 Å². The lowest BCUT2D eigenvalue weighted by molar-refractivity contribution is -0.131. The van der Waals surface area contributed by atoms with Gasteiger partial charge in [-0.1, -0.05) is 26.0 Å². The third-order valence-electron chi connectivity index (χ3n) is 2.20. The van der Waals surface area contributed by atoms with E-state index < -0.39 is 0 Å². The lowest BCUT2D eigenvalue weighted by Crippen LogP contribution is -2.34. The largest absolute Gasteiger partial charge is 0.314 e. The summed E-state index contributed by atoms with van der Waals surface area (Å²) >= 11 is 0. The molecule has 0 radical (unpaired) electrons. The molecule has 0 heterocycles. The number of hydrogen-bond donors (Lipinski definition) is 1.